The zero-order chi connectivity index (χ0) is 18.8. The van der Waals surface area contributed by atoms with Gasteiger partial charge < -0.3 is 9.47 Å². The normalized spacial score (nSPS) is 20.7. The number of carbonyl (C=O) groups excluding carboxylic acids is 2. The number of halogens is 1. The van der Waals surface area contributed by atoms with E-state index in [0.29, 0.717) is 0 Å². The van der Waals surface area contributed by atoms with E-state index < -0.39 is 32.8 Å². The highest BCUT2D eigenvalue weighted by Crippen LogP contribution is 2.37. The van der Waals surface area contributed by atoms with E-state index in [1.165, 1.54) is 12.1 Å². The van der Waals surface area contributed by atoms with Gasteiger partial charge in [0.05, 0.1) is 19.1 Å². The van der Waals surface area contributed by atoms with Gasteiger partial charge in [-0.25, -0.2) is 8.42 Å². The van der Waals surface area contributed by atoms with Crippen LogP contribution in [0.2, 0.25) is 0 Å². The summed E-state index contributed by atoms with van der Waals surface area (Å²) in [5.74, 6) is -1.73. The Labute approximate surface area is 151 Å². The van der Waals surface area contributed by atoms with Crippen LogP contribution < -0.4 is 0 Å². The van der Waals surface area contributed by atoms with E-state index in [0.717, 1.165) is 24.1 Å². The summed E-state index contributed by atoms with van der Waals surface area (Å²) < 4.78 is 36.3. The van der Waals surface area contributed by atoms with Gasteiger partial charge >= 0.3 is 11.9 Å². The fraction of sp³-hybridized carbons (Fsp3) is 0.500. The summed E-state index contributed by atoms with van der Waals surface area (Å²) in [6.45, 7) is 1.44. The van der Waals surface area contributed by atoms with Crippen LogP contribution in [0.5, 0.6) is 0 Å². The first kappa shape index (κ1) is 19.7. The molecule has 25 heavy (non-hydrogen) atoms. The second kappa shape index (κ2) is 7.31. The van der Waals surface area contributed by atoms with Crippen LogP contribution in [0, 0.1) is 12.3 Å². The summed E-state index contributed by atoms with van der Waals surface area (Å²) in [7, 11) is -1.68. The number of aryl methyl sites for hydroxylation is 1. The van der Waals surface area contributed by atoms with Crippen molar-refractivity contribution in [2.45, 2.75) is 23.6 Å². The average Bonchev–Trinajstić information content (AvgIpc) is 2.59. The Morgan fingerprint density at radius 2 is 1.68 bits per heavy atom. The zero-order valence-corrected chi connectivity index (χ0v) is 15.8. The average molecular weight is 390 g/mol. The topological polar surface area (TPSA) is 90.0 Å². The number of esters is 2. The predicted octanol–water partition coefficient (Wildman–Crippen LogP) is 1.33. The van der Waals surface area contributed by atoms with E-state index in [9.17, 15) is 18.0 Å². The van der Waals surface area contributed by atoms with Crippen LogP contribution in [0.15, 0.2) is 29.2 Å². The first-order valence-corrected chi connectivity index (χ1v) is 9.43. The van der Waals surface area contributed by atoms with Crippen molar-refractivity contribution in [2.24, 2.45) is 5.41 Å². The fourth-order valence-corrected chi connectivity index (χ4v) is 4.96. The predicted molar refractivity (Wildman–Crippen MR) is 90.7 cm³/mol. The molecule has 1 aromatic rings. The minimum Gasteiger partial charge on any atom is -0.468 e. The maximum absolute atomic E-state index is 12.9. The molecule has 1 atom stereocenters. The fourth-order valence-electron chi connectivity index (χ4n) is 2.91. The molecule has 1 fully saturated rings. The molecule has 0 N–H and O–H groups in total. The van der Waals surface area contributed by atoms with Crippen LogP contribution in [0.4, 0.5) is 0 Å². The Morgan fingerprint density at radius 1 is 1.16 bits per heavy atom. The molecule has 2 rings (SSSR count). The van der Waals surface area contributed by atoms with E-state index in [4.69, 9.17) is 21.1 Å². The Bertz CT molecular complexity index is 745. The molecule has 1 heterocycles. The molecule has 0 saturated carbocycles. The molecule has 1 aliphatic rings. The molecule has 1 aromatic carbocycles. The van der Waals surface area contributed by atoms with Crippen LogP contribution in [-0.2, 0) is 29.1 Å². The monoisotopic (exact) mass is 389 g/mol. The number of methoxy groups -OCH3 is 2. The third-order valence-electron chi connectivity index (χ3n) is 4.23. The summed E-state index contributed by atoms with van der Waals surface area (Å²) in [4.78, 5) is 24.6. The first-order chi connectivity index (χ1) is 11.7. The molecule has 138 valence electrons. The third kappa shape index (κ3) is 3.65. The molecular weight excluding hydrogens is 370 g/mol. The van der Waals surface area contributed by atoms with Crippen molar-refractivity contribution in [3.63, 3.8) is 0 Å². The van der Waals surface area contributed by atoms with Gasteiger partial charge in [0, 0.05) is 18.5 Å². The van der Waals surface area contributed by atoms with Gasteiger partial charge in [-0.3, -0.25) is 9.59 Å². The molecule has 0 radical (unpaired) electrons. The second-order valence-corrected chi connectivity index (χ2v) is 8.53. The van der Waals surface area contributed by atoms with Gasteiger partial charge in [-0.15, -0.1) is 11.6 Å². The van der Waals surface area contributed by atoms with Crippen LogP contribution in [0.25, 0.3) is 0 Å². The van der Waals surface area contributed by atoms with Crippen LogP contribution >= 0.6 is 11.6 Å². The van der Waals surface area contributed by atoms with E-state index in [1.807, 2.05) is 6.92 Å². The Morgan fingerprint density at radius 3 is 2.16 bits per heavy atom. The molecular formula is C16H20ClNO6S. The summed E-state index contributed by atoms with van der Waals surface area (Å²) >= 11 is 6.19. The van der Waals surface area contributed by atoms with Crippen molar-refractivity contribution in [1.29, 1.82) is 0 Å². The van der Waals surface area contributed by atoms with Gasteiger partial charge in [-0.1, -0.05) is 17.7 Å². The second-order valence-electron chi connectivity index (χ2n) is 5.98. The Balaban J connectivity index is 2.46. The first-order valence-electron chi connectivity index (χ1n) is 7.55. The number of nitrogens with zero attached hydrogens (tertiary/aromatic N) is 1. The third-order valence-corrected chi connectivity index (χ3v) is 6.35. The van der Waals surface area contributed by atoms with Crippen LogP contribution in [0.1, 0.15) is 12.0 Å². The van der Waals surface area contributed by atoms with Crippen LogP contribution in [0.3, 0.4) is 0 Å². The largest absolute Gasteiger partial charge is 0.468 e. The smallest absolute Gasteiger partial charge is 0.324 e. The highest BCUT2D eigenvalue weighted by molar-refractivity contribution is 7.89. The highest BCUT2D eigenvalue weighted by atomic mass is 35.5. The summed E-state index contributed by atoms with van der Waals surface area (Å²) in [6, 6.07) is 6.28. The molecule has 1 aliphatic heterocycles. The van der Waals surface area contributed by atoms with Gasteiger partial charge in [-0.05, 0) is 25.5 Å². The van der Waals surface area contributed by atoms with Crippen molar-refractivity contribution in [2.75, 3.05) is 27.3 Å². The van der Waals surface area contributed by atoms with E-state index >= 15 is 0 Å². The molecule has 0 aromatic heterocycles. The van der Waals surface area contributed by atoms with E-state index in [1.54, 1.807) is 12.1 Å². The maximum atomic E-state index is 12.9. The molecule has 0 aliphatic carbocycles. The number of sulfonamides is 1. The summed E-state index contributed by atoms with van der Waals surface area (Å²) in [5, 5.41) is -0.743. The van der Waals surface area contributed by atoms with Crippen molar-refractivity contribution in [3.8, 4) is 0 Å². The lowest BCUT2D eigenvalue weighted by molar-refractivity contribution is -0.171. The SMILES string of the molecule is COC(=O)C1(C(=O)OC)CC(Cl)CN(S(=O)(=O)c2ccc(C)cc2)C1. The number of ether oxygens (including phenoxy) is 2. The van der Waals surface area contributed by atoms with Gasteiger partial charge in [-0.2, -0.15) is 4.31 Å². The lowest BCUT2D eigenvalue weighted by Gasteiger charge is -2.39. The maximum Gasteiger partial charge on any atom is 0.324 e. The van der Waals surface area contributed by atoms with E-state index in [2.05, 4.69) is 0 Å². The number of benzene rings is 1. The van der Waals surface area contributed by atoms with Crippen molar-refractivity contribution >= 4 is 33.6 Å². The van der Waals surface area contributed by atoms with Gasteiger partial charge in [0.25, 0.3) is 0 Å². The highest BCUT2D eigenvalue weighted by Gasteiger charge is 2.55. The van der Waals surface area contributed by atoms with Crippen LogP contribution in [-0.4, -0.2) is 57.3 Å². The van der Waals surface area contributed by atoms with Crippen molar-refractivity contribution in [3.05, 3.63) is 29.8 Å². The lowest BCUT2D eigenvalue weighted by Crippen LogP contribution is -2.57. The molecule has 9 heteroatoms. The molecule has 0 spiro atoms. The lowest BCUT2D eigenvalue weighted by atomic mass is 9.80. The molecule has 0 bridgehead atoms. The number of alkyl halides is 1. The number of hydrogen-bond acceptors (Lipinski definition) is 6. The molecule has 1 unspecified atom stereocenters. The zero-order valence-electron chi connectivity index (χ0n) is 14.2. The van der Waals surface area contributed by atoms with Gasteiger partial charge in [0.2, 0.25) is 10.0 Å². The Kier molecular flexibility index (Phi) is 5.75. The summed E-state index contributed by atoms with van der Waals surface area (Å²) in [5.41, 5.74) is -0.877. The molecule has 1 saturated heterocycles. The van der Waals surface area contributed by atoms with Gasteiger partial charge in [0.15, 0.2) is 5.41 Å². The van der Waals surface area contributed by atoms with Gasteiger partial charge in [0.1, 0.15) is 0 Å². The minimum atomic E-state index is -3.93. The van der Waals surface area contributed by atoms with Crippen molar-refractivity contribution < 1.29 is 27.5 Å². The minimum absolute atomic E-state index is 0.0203. The Hall–Kier alpha value is -1.64. The number of piperidine rings is 1. The number of carbonyl (C=O) groups is 2. The summed E-state index contributed by atoms with van der Waals surface area (Å²) in [6.07, 6.45) is -0.0617. The van der Waals surface area contributed by atoms with Crippen molar-refractivity contribution in [1.82, 2.24) is 4.31 Å². The number of rotatable bonds is 4. The molecule has 7 nitrogen and oxygen atoms in total. The number of hydrogen-bond donors (Lipinski definition) is 0. The quantitative estimate of drug-likeness (QED) is 0.438. The van der Waals surface area contributed by atoms with E-state index in [-0.39, 0.29) is 24.4 Å². The standard InChI is InChI=1S/C16H20ClNO6S/c1-11-4-6-13(7-5-11)25(21,22)18-9-12(17)8-16(10-18,14(19)23-2)15(20)24-3/h4-7,12H,8-10H2,1-3H3. The molecule has 0 amide bonds.